The minimum absolute atomic E-state index is 0.0753. The van der Waals surface area contributed by atoms with Crippen LogP contribution in [0.1, 0.15) is 62.5 Å². The molecule has 2 aromatic carbocycles. The minimum Gasteiger partial charge on any atom is -0.372 e. The molecule has 10 heteroatoms. The monoisotopic (exact) mass is 560 g/mol. The Morgan fingerprint density at radius 3 is 2.05 bits per heavy atom. The summed E-state index contributed by atoms with van der Waals surface area (Å²) in [7, 11) is 0. The average molecular weight is 561 g/mol. The van der Waals surface area contributed by atoms with Gasteiger partial charge in [-0.1, -0.05) is 80.6 Å². The second-order valence-corrected chi connectivity index (χ2v) is 11.4. The van der Waals surface area contributed by atoms with E-state index in [9.17, 15) is 29.1 Å². The van der Waals surface area contributed by atoms with Crippen molar-refractivity contribution >= 4 is 29.4 Å². The molecule has 3 atom stereocenters. The largest absolute Gasteiger partial charge is 0.372 e. The van der Waals surface area contributed by atoms with Gasteiger partial charge in [0.05, 0.1) is 6.04 Å². The Morgan fingerprint density at radius 2 is 1.49 bits per heavy atom. The van der Waals surface area contributed by atoms with E-state index in [2.05, 4.69) is 16.0 Å². The van der Waals surface area contributed by atoms with Crippen molar-refractivity contribution in [2.45, 2.75) is 69.1 Å². The lowest BCUT2D eigenvalue weighted by atomic mass is 9.84. The number of ketones is 1. The summed E-state index contributed by atoms with van der Waals surface area (Å²) in [4.78, 5) is 64.4. The summed E-state index contributed by atoms with van der Waals surface area (Å²) in [6.45, 7) is 0.441. The Balaban J connectivity index is 1.42. The molecular weight excluding hydrogens is 524 g/mol. The van der Waals surface area contributed by atoms with Gasteiger partial charge in [0.1, 0.15) is 6.04 Å². The van der Waals surface area contributed by atoms with E-state index in [-0.39, 0.29) is 18.2 Å². The van der Waals surface area contributed by atoms with Crippen LogP contribution >= 0.6 is 0 Å². The van der Waals surface area contributed by atoms with Crippen LogP contribution in [0.2, 0.25) is 0 Å². The normalized spacial score (nSPS) is 20.7. The second kappa shape index (κ2) is 11.8. The van der Waals surface area contributed by atoms with Crippen molar-refractivity contribution in [2.75, 3.05) is 6.54 Å². The van der Waals surface area contributed by atoms with E-state index in [4.69, 9.17) is 5.73 Å². The quantitative estimate of drug-likeness (QED) is 0.276. The lowest BCUT2D eigenvalue weighted by Gasteiger charge is -2.31. The highest BCUT2D eigenvalue weighted by Crippen LogP contribution is 2.47. The van der Waals surface area contributed by atoms with Crippen LogP contribution in [0.15, 0.2) is 48.5 Å². The predicted octanol–water partition coefficient (Wildman–Crippen LogP) is 1.42. The highest BCUT2D eigenvalue weighted by molar-refractivity contribution is 6.38. The zero-order chi connectivity index (χ0) is 29.1. The molecule has 41 heavy (non-hydrogen) atoms. The van der Waals surface area contributed by atoms with Crippen LogP contribution in [0, 0.1) is 11.8 Å². The topological polar surface area (TPSA) is 168 Å². The number of Topliss-reactive ketones (excluding diaryl/α,β-unsaturated/α-hetero) is 1. The second-order valence-electron chi connectivity index (χ2n) is 11.4. The van der Waals surface area contributed by atoms with E-state index in [1.165, 1.54) is 0 Å². The fourth-order valence-corrected chi connectivity index (χ4v) is 6.54. The van der Waals surface area contributed by atoms with E-state index in [1.807, 2.05) is 24.3 Å². The first-order valence-electron chi connectivity index (χ1n) is 14.3. The number of hydrogen-bond acceptors (Lipinski definition) is 6. The van der Waals surface area contributed by atoms with Crippen LogP contribution in [0.4, 0.5) is 0 Å². The van der Waals surface area contributed by atoms with Crippen molar-refractivity contribution in [3.05, 3.63) is 59.7 Å². The molecule has 6 N–H and O–H groups in total. The number of nitrogens with one attached hydrogen (secondary N) is 3. The predicted molar refractivity (Wildman–Crippen MR) is 150 cm³/mol. The van der Waals surface area contributed by atoms with Crippen LogP contribution in [-0.2, 0) is 29.6 Å². The number of aliphatic hydroxyl groups is 1. The number of fused-ring (bicyclic) bond motifs is 3. The van der Waals surface area contributed by atoms with E-state index in [0.29, 0.717) is 30.5 Å². The molecule has 0 bridgehead atoms. The first-order valence-corrected chi connectivity index (χ1v) is 14.3. The van der Waals surface area contributed by atoms with Crippen LogP contribution < -0.4 is 21.7 Å². The van der Waals surface area contributed by atoms with Crippen molar-refractivity contribution in [1.29, 1.82) is 0 Å². The van der Waals surface area contributed by atoms with Gasteiger partial charge < -0.3 is 26.8 Å². The number of rotatable bonds is 10. The molecule has 1 saturated carbocycles. The van der Waals surface area contributed by atoms with Gasteiger partial charge in [-0.15, -0.1) is 0 Å². The zero-order valence-electron chi connectivity index (χ0n) is 22.9. The fourth-order valence-electron chi connectivity index (χ4n) is 6.54. The SMILES string of the molecule is NC(=O)C(=O)[C@@H](C[C@@H]1CCNC1=O)NC(=O)[C@H](CC1CCCCC1)NC(=O)C1(O)c2ccccc2-c2ccccc21. The zero-order valence-corrected chi connectivity index (χ0v) is 22.9. The molecule has 3 aliphatic rings. The van der Waals surface area contributed by atoms with E-state index in [1.54, 1.807) is 24.3 Å². The minimum atomic E-state index is -2.03. The number of carbonyl (C=O) groups is 5. The summed E-state index contributed by atoms with van der Waals surface area (Å²) in [5.41, 5.74) is 5.56. The molecular formula is C31H36N4O6. The van der Waals surface area contributed by atoms with Crippen LogP contribution in [-0.4, -0.2) is 53.1 Å². The van der Waals surface area contributed by atoms with Crippen LogP contribution in [0.25, 0.3) is 11.1 Å². The van der Waals surface area contributed by atoms with Crippen molar-refractivity contribution < 1.29 is 29.1 Å². The summed E-state index contributed by atoms with van der Waals surface area (Å²) in [6, 6.07) is 11.8. The lowest BCUT2D eigenvalue weighted by molar-refractivity contribution is -0.141. The van der Waals surface area contributed by atoms with Gasteiger partial charge in [0.2, 0.25) is 17.6 Å². The van der Waals surface area contributed by atoms with E-state index < -0.39 is 47.1 Å². The van der Waals surface area contributed by atoms with E-state index >= 15 is 0 Å². The van der Waals surface area contributed by atoms with Crippen molar-refractivity contribution in [2.24, 2.45) is 17.6 Å². The molecule has 10 nitrogen and oxygen atoms in total. The molecule has 216 valence electrons. The van der Waals surface area contributed by atoms with Crippen LogP contribution in [0.3, 0.4) is 0 Å². The highest BCUT2D eigenvalue weighted by atomic mass is 16.3. The maximum atomic E-state index is 14.0. The molecule has 1 aliphatic heterocycles. The number of carbonyl (C=O) groups excluding carboxylic acids is 5. The Labute approximate surface area is 238 Å². The molecule has 0 unspecified atom stereocenters. The van der Waals surface area contributed by atoms with Gasteiger partial charge in [-0.25, -0.2) is 0 Å². The number of amides is 4. The molecule has 0 aromatic heterocycles. The molecule has 2 aromatic rings. The highest BCUT2D eigenvalue weighted by Gasteiger charge is 2.49. The molecule has 2 aliphatic carbocycles. The van der Waals surface area contributed by atoms with Crippen molar-refractivity contribution in [3.8, 4) is 11.1 Å². The van der Waals surface area contributed by atoms with Gasteiger partial charge in [0, 0.05) is 23.6 Å². The number of benzene rings is 2. The molecule has 0 spiro atoms. The number of nitrogens with two attached hydrogens (primary N) is 1. The third kappa shape index (κ3) is 5.61. The Kier molecular flexibility index (Phi) is 8.21. The third-order valence-electron chi connectivity index (χ3n) is 8.73. The molecule has 1 heterocycles. The molecule has 0 radical (unpaired) electrons. The Bertz CT molecular complexity index is 1320. The summed E-state index contributed by atoms with van der Waals surface area (Å²) < 4.78 is 0. The first-order chi connectivity index (χ1) is 19.7. The fraction of sp³-hybridized carbons (Fsp3) is 0.452. The summed E-state index contributed by atoms with van der Waals surface area (Å²) >= 11 is 0. The number of hydrogen-bond donors (Lipinski definition) is 5. The Hall–Kier alpha value is -4.05. The van der Waals surface area contributed by atoms with Gasteiger partial charge in [-0.3, -0.25) is 24.0 Å². The van der Waals surface area contributed by atoms with Gasteiger partial charge >= 0.3 is 0 Å². The molecule has 5 rings (SSSR count). The molecule has 1 saturated heterocycles. The Morgan fingerprint density at radius 1 is 0.878 bits per heavy atom. The lowest BCUT2D eigenvalue weighted by Crippen LogP contribution is -2.57. The van der Waals surface area contributed by atoms with Gasteiger partial charge in [-0.05, 0) is 36.3 Å². The average Bonchev–Trinajstić information content (AvgIpc) is 3.51. The summed E-state index contributed by atoms with van der Waals surface area (Å²) in [5.74, 6) is -4.28. The molecule has 4 amide bonds. The third-order valence-corrected chi connectivity index (χ3v) is 8.73. The summed E-state index contributed by atoms with van der Waals surface area (Å²) in [5, 5.41) is 20.1. The van der Waals surface area contributed by atoms with E-state index in [0.717, 1.165) is 43.2 Å². The van der Waals surface area contributed by atoms with Crippen LogP contribution in [0.5, 0.6) is 0 Å². The van der Waals surface area contributed by atoms with Gasteiger partial charge in [0.15, 0.2) is 5.60 Å². The first kappa shape index (κ1) is 28.5. The summed E-state index contributed by atoms with van der Waals surface area (Å²) in [6.07, 6.45) is 5.60. The standard InChI is InChI=1S/C31H36N4O6/c32-27(37)26(36)24(17-19-14-15-33-28(19)38)34-29(39)25(16-18-8-2-1-3-9-18)35-30(40)31(41)22-12-6-4-10-20(22)21-11-5-7-13-23(21)31/h4-7,10-13,18-19,24-25,41H,1-3,8-9,14-17H2,(H2,32,37)(H,33,38)(H,34,39)(H,35,40)/t19-,24+,25-/m0/s1. The smallest absolute Gasteiger partial charge is 0.287 e. The van der Waals surface area contributed by atoms with Crippen molar-refractivity contribution in [1.82, 2.24) is 16.0 Å². The van der Waals surface area contributed by atoms with Gasteiger partial charge in [-0.2, -0.15) is 0 Å². The molecule has 2 fully saturated rings. The maximum Gasteiger partial charge on any atom is 0.287 e. The number of primary amides is 1. The van der Waals surface area contributed by atoms with Crippen molar-refractivity contribution in [3.63, 3.8) is 0 Å². The maximum absolute atomic E-state index is 14.0. The van der Waals surface area contributed by atoms with Gasteiger partial charge in [0.25, 0.3) is 11.8 Å².